The molecule has 1 aromatic carbocycles. The van der Waals surface area contributed by atoms with Gasteiger partial charge in [0.05, 0.1) is 6.10 Å². The minimum atomic E-state index is -0.644. The van der Waals surface area contributed by atoms with E-state index in [0.29, 0.717) is 18.4 Å². The molecule has 0 spiro atoms. The van der Waals surface area contributed by atoms with Crippen molar-refractivity contribution >= 4 is 0 Å². The number of ether oxygens (including phenoxy) is 1. The van der Waals surface area contributed by atoms with Crippen LogP contribution in [0.15, 0.2) is 36.2 Å². The second-order valence-corrected chi connectivity index (χ2v) is 9.03. The van der Waals surface area contributed by atoms with E-state index >= 15 is 0 Å². The summed E-state index contributed by atoms with van der Waals surface area (Å²) < 4.78 is 19.1. The van der Waals surface area contributed by atoms with E-state index in [2.05, 4.69) is 31.2 Å². The molecule has 2 saturated carbocycles. The van der Waals surface area contributed by atoms with Gasteiger partial charge in [-0.3, -0.25) is 0 Å². The first-order valence-electron chi connectivity index (χ1n) is 11.6. The van der Waals surface area contributed by atoms with E-state index in [1.807, 2.05) is 0 Å². The van der Waals surface area contributed by atoms with Crippen LogP contribution in [0.4, 0.5) is 4.39 Å². The molecule has 158 valence electrons. The molecule has 0 amide bonds. The lowest BCUT2D eigenvalue weighted by Gasteiger charge is -2.32. The van der Waals surface area contributed by atoms with Gasteiger partial charge in [-0.25, -0.2) is 0 Å². The molecule has 0 atom stereocenters. The van der Waals surface area contributed by atoms with E-state index in [1.165, 1.54) is 55.7 Å². The highest BCUT2D eigenvalue weighted by molar-refractivity contribution is 5.25. The van der Waals surface area contributed by atoms with Gasteiger partial charge < -0.3 is 4.74 Å². The van der Waals surface area contributed by atoms with Crippen LogP contribution < -0.4 is 0 Å². The molecule has 3 heteroatoms. The predicted octanol–water partition coefficient (Wildman–Crippen LogP) is 7.26. The molecule has 0 aliphatic heterocycles. The predicted molar refractivity (Wildman–Crippen MR) is 116 cm³/mol. The highest BCUT2D eigenvalue weighted by Gasteiger charge is 2.25. The first kappa shape index (κ1) is 22.0. The summed E-state index contributed by atoms with van der Waals surface area (Å²) in [5, 5.41) is 8.45. The first-order valence-corrected chi connectivity index (χ1v) is 11.6. The van der Waals surface area contributed by atoms with E-state index in [9.17, 15) is 4.39 Å². The summed E-state index contributed by atoms with van der Waals surface area (Å²) in [4.78, 5) is 0. The molecule has 0 radical (unpaired) electrons. The van der Waals surface area contributed by atoms with Crippen LogP contribution in [-0.2, 0) is 11.2 Å². The lowest BCUT2D eigenvalue weighted by Crippen LogP contribution is -2.25. The monoisotopic (exact) mass is 397 g/mol. The number of allylic oxidation sites excluding steroid dienone is 2. The summed E-state index contributed by atoms with van der Waals surface area (Å²) in [6.45, 7) is 3.13. The Morgan fingerprint density at radius 3 is 2.31 bits per heavy atom. The standard InChI is InChI=1S/C26H36FNO/c1-2-20-6-12-23(13-7-20)24-14-8-22(9-15-24)19-29-26-16-10-21(11-17-26)4-3-5-25(27)18-28/h5-7,12-13,21-22,24,26H,2-4,8-11,14-17,19H2,1H3. The van der Waals surface area contributed by atoms with Crippen LogP contribution in [0.2, 0.25) is 0 Å². The smallest absolute Gasteiger partial charge is 0.196 e. The number of benzene rings is 1. The Hall–Kier alpha value is -1.66. The fourth-order valence-corrected chi connectivity index (χ4v) is 5.04. The van der Waals surface area contributed by atoms with Crippen LogP contribution >= 0.6 is 0 Å². The number of hydrogen-bond donors (Lipinski definition) is 0. The average Bonchev–Trinajstić information content (AvgIpc) is 2.79. The van der Waals surface area contributed by atoms with Crippen LogP contribution in [-0.4, -0.2) is 12.7 Å². The molecule has 2 nitrogen and oxygen atoms in total. The highest BCUT2D eigenvalue weighted by Crippen LogP contribution is 2.37. The van der Waals surface area contributed by atoms with Crippen molar-refractivity contribution in [1.82, 2.24) is 0 Å². The number of rotatable bonds is 8. The number of nitriles is 1. The van der Waals surface area contributed by atoms with E-state index in [4.69, 9.17) is 10.00 Å². The van der Waals surface area contributed by atoms with Crippen molar-refractivity contribution in [1.29, 1.82) is 5.26 Å². The molecule has 0 heterocycles. The van der Waals surface area contributed by atoms with Gasteiger partial charge in [0, 0.05) is 6.61 Å². The number of hydrogen-bond acceptors (Lipinski definition) is 2. The molecule has 0 saturated heterocycles. The third-order valence-corrected chi connectivity index (χ3v) is 7.07. The molecule has 3 rings (SSSR count). The molecule has 0 unspecified atom stereocenters. The minimum absolute atomic E-state index is 0.414. The maximum absolute atomic E-state index is 12.9. The zero-order chi connectivity index (χ0) is 20.5. The van der Waals surface area contributed by atoms with Gasteiger partial charge in [0.2, 0.25) is 0 Å². The summed E-state index contributed by atoms with van der Waals surface area (Å²) in [5.74, 6) is 1.47. The Bertz CT molecular complexity index is 674. The van der Waals surface area contributed by atoms with Crippen molar-refractivity contribution in [3.63, 3.8) is 0 Å². The SMILES string of the molecule is CCc1ccc(C2CCC(COC3CCC(CCC=C(F)C#N)CC3)CC2)cc1. The van der Waals surface area contributed by atoms with E-state index in [0.717, 1.165) is 44.1 Å². The van der Waals surface area contributed by atoms with Crippen molar-refractivity contribution in [2.24, 2.45) is 11.8 Å². The van der Waals surface area contributed by atoms with Crippen molar-refractivity contribution in [2.45, 2.75) is 89.6 Å². The van der Waals surface area contributed by atoms with Crippen molar-refractivity contribution in [3.05, 3.63) is 47.3 Å². The van der Waals surface area contributed by atoms with Gasteiger partial charge >= 0.3 is 0 Å². The van der Waals surface area contributed by atoms with Gasteiger partial charge in [0.1, 0.15) is 6.07 Å². The maximum atomic E-state index is 12.9. The summed E-state index contributed by atoms with van der Waals surface area (Å²) >= 11 is 0. The molecule has 2 aliphatic carbocycles. The lowest BCUT2D eigenvalue weighted by atomic mass is 9.79. The van der Waals surface area contributed by atoms with Gasteiger partial charge in [-0.1, -0.05) is 31.2 Å². The van der Waals surface area contributed by atoms with E-state index < -0.39 is 5.83 Å². The second-order valence-electron chi connectivity index (χ2n) is 9.03. The Morgan fingerprint density at radius 2 is 1.69 bits per heavy atom. The Kier molecular flexibility index (Phi) is 8.74. The average molecular weight is 398 g/mol. The normalized spacial score (nSPS) is 28.1. The zero-order valence-corrected chi connectivity index (χ0v) is 17.9. The molecule has 0 aromatic heterocycles. The van der Waals surface area contributed by atoms with Crippen molar-refractivity contribution < 1.29 is 9.13 Å². The van der Waals surface area contributed by atoms with E-state index in [1.54, 1.807) is 6.07 Å². The van der Waals surface area contributed by atoms with Crippen LogP contribution in [0, 0.1) is 23.2 Å². The van der Waals surface area contributed by atoms with Crippen molar-refractivity contribution in [2.75, 3.05) is 6.61 Å². The summed E-state index contributed by atoms with van der Waals surface area (Å²) in [6, 6.07) is 10.8. The third-order valence-electron chi connectivity index (χ3n) is 7.07. The zero-order valence-electron chi connectivity index (χ0n) is 17.9. The van der Waals surface area contributed by atoms with Gasteiger partial charge in [-0.2, -0.15) is 9.65 Å². The number of nitrogens with zero attached hydrogens (tertiary/aromatic N) is 1. The van der Waals surface area contributed by atoms with Crippen LogP contribution in [0.5, 0.6) is 0 Å². The van der Waals surface area contributed by atoms with Gasteiger partial charge in [-0.05, 0) is 106 Å². The van der Waals surface area contributed by atoms with Gasteiger partial charge in [0.25, 0.3) is 0 Å². The lowest BCUT2D eigenvalue weighted by molar-refractivity contribution is -0.00824. The topological polar surface area (TPSA) is 33.0 Å². The summed E-state index contributed by atoms with van der Waals surface area (Å²) in [6.07, 6.45) is 14.4. The van der Waals surface area contributed by atoms with Crippen LogP contribution in [0.3, 0.4) is 0 Å². The van der Waals surface area contributed by atoms with Crippen molar-refractivity contribution in [3.8, 4) is 6.07 Å². The van der Waals surface area contributed by atoms with Gasteiger partial charge in [-0.15, -0.1) is 0 Å². The molecular weight excluding hydrogens is 361 g/mol. The van der Waals surface area contributed by atoms with Gasteiger partial charge in [0.15, 0.2) is 5.83 Å². The number of halogens is 1. The summed E-state index contributed by atoms with van der Waals surface area (Å²) in [7, 11) is 0. The fourth-order valence-electron chi connectivity index (χ4n) is 5.04. The molecular formula is C26H36FNO. The Morgan fingerprint density at radius 1 is 1.03 bits per heavy atom. The maximum Gasteiger partial charge on any atom is 0.196 e. The van der Waals surface area contributed by atoms with Crippen LogP contribution in [0.1, 0.15) is 88.2 Å². The molecule has 0 N–H and O–H groups in total. The van der Waals surface area contributed by atoms with E-state index in [-0.39, 0.29) is 0 Å². The fraction of sp³-hybridized carbons (Fsp3) is 0.654. The first-order chi connectivity index (χ1) is 14.2. The molecule has 0 bridgehead atoms. The Balaban J connectivity index is 1.30. The number of aryl methyl sites for hydroxylation is 1. The Labute approximate surface area is 176 Å². The third kappa shape index (κ3) is 6.96. The highest BCUT2D eigenvalue weighted by atomic mass is 19.1. The summed E-state index contributed by atoms with van der Waals surface area (Å²) in [5.41, 5.74) is 2.95. The minimum Gasteiger partial charge on any atom is -0.378 e. The quantitative estimate of drug-likeness (QED) is 0.433. The molecule has 2 aliphatic rings. The molecule has 1 aromatic rings. The second kappa shape index (κ2) is 11.5. The van der Waals surface area contributed by atoms with Crippen LogP contribution in [0.25, 0.3) is 0 Å². The largest absolute Gasteiger partial charge is 0.378 e. The molecule has 29 heavy (non-hydrogen) atoms. The molecule has 2 fully saturated rings.